The summed E-state index contributed by atoms with van der Waals surface area (Å²) in [6, 6.07) is 5.91. The van der Waals surface area contributed by atoms with Gasteiger partial charge < -0.3 is 10.4 Å². The molecule has 0 fully saturated rings. The predicted octanol–water partition coefficient (Wildman–Crippen LogP) is 2.21. The fourth-order valence-corrected chi connectivity index (χ4v) is 2.21. The van der Waals surface area contributed by atoms with Crippen LogP contribution >= 0.6 is 11.6 Å². The molecule has 0 aliphatic carbocycles. The van der Waals surface area contributed by atoms with Gasteiger partial charge in [-0.15, -0.1) is 11.6 Å². The highest BCUT2D eigenvalue weighted by molar-refractivity contribution is 6.17. The Morgan fingerprint density at radius 3 is 3.14 bits per heavy atom. The van der Waals surface area contributed by atoms with E-state index in [-0.39, 0.29) is 0 Å². The van der Waals surface area contributed by atoms with Crippen LogP contribution in [0.1, 0.15) is 23.6 Å². The van der Waals surface area contributed by atoms with E-state index in [1.807, 2.05) is 12.1 Å². The van der Waals surface area contributed by atoms with Gasteiger partial charge in [-0.1, -0.05) is 6.07 Å². The first kappa shape index (κ1) is 9.81. The molecule has 1 aliphatic heterocycles. The SMILES string of the molecule is Oc1ccc2c(c1)C(CCCl)NCC2. The second-order valence-electron chi connectivity index (χ2n) is 3.62. The van der Waals surface area contributed by atoms with Crippen molar-refractivity contribution >= 4 is 11.6 Å². The van der Waals surface area contributed by atoms with Gasteiger partial charge in [-0.2, -0.15) is 0 Å². The van der Waals surface area contributed by atoms with E-state index in [1.165, 1.54) is 11.1 Å². The standard InChI is InChI=1S/C11H14ClNO/c12-5-3-11-10-7-9(14)2-1-8(10)4-6-13-11/h1-2,7,11,13-14H,3-6H2. The Balaban J connectivity index is 2.32. The monoisotopic (exact) mass is 211 g/mol. The fraction of sp³-hybridized carbons (Fsp3) is 0.455. The van der Waals surface area contributed by atoms with Gasteiger partial charge >= 0.3 is 0 Å². The van der Waals surface area contributed by atoms with Crippen LogP contribution in [0, 0.1) is 0 Å². The molecule has 0 aromatic heterocycles. The highest BCUT2D eigenvalue weighted by Gasteiger charge is 2.18. The molecule has 0 bridgehead atoms. The van der Waals surface area contributed by atoms with Crippen LogP contribution in [0.2, 0.25) is 0 Å². The van der Waals surface area contributed by atoms with Gasteiger partial charge in [-0.3, -0.25) is 0 Å². The van der Waals surface area contributed by atoms with E-state index in [2.05, 4.69) is 5.32 Å². The summed E-state index contributed by atoms with van der Waals surface area (Å²) in [6.07, 6.45) is 1.95. The topological polar surface area (TPSA) is 32.3 Å². The van der Waals surface area contributed by atoms with Crippen molar-refractivity contribution in [2.75, 3.05) is 12.4 Å². The number of benzene rings is 1. The second kappa shape index (κ2) is 4.20. The van der Waals surface area contributed by atoms with Crippen molar-refractivity contribution in [1.29, 1.82) is 0 Å². The molecule has 1 unspecified atom stereocenters. The molecule has 1 atom stereocenters. The summed E-state index contributed by atoms with van der Waals surface area (Å²) in [5.74, 6) is 0.985. The molecule has 0 saturated heterocycles. The third-order valence-corrected chi connectivity index (χ3v) is 2.91. The summed E-state index contributed by atoms with van der Waals surface area (Å²) in [4.78, 5) is 0. The fourth-order valence-electron chi connectivity index (χ4n) is 1.99. The molecule has 2 rings (SSSR count). The lowest BCUT2D eigenvalue weighted by Gasteiger charge is -2.26. The van der Waals surface area contributed by atoms with E-state index in [0.29, 0.717) is 17.7 Å². The Kier molecular flexibility index (Phi) is 2.94. The van der Waals surface area contributed by atoms with Gasteiger partial charge in [-0.25, -0.2) is 0 Å². The van der Waals surface area contributed by atoms with Gasteiger partial charge in [0.25, 0.3) is 0 Å². The predicted molar refractivity (Wildman–Crippen MR) is 57.9 cm³/mol. The Labute approximate surface area is 88.9 Å². The molecule has 0 amide bonds. The molecular formula is C11H14ClNO. The third kappa shape index (κ3) is 1.86. The van der Waals surface area contributed by atoms with Crippen LogP contribution in [0.3, 0.4) is 0 Å². The largest absolute Gasteiger partial charge is 0.508 e. The van der Waals surface area contributed by atoms with Crippen molar-refractivity contribution in [2.24, 2.45) is 0 Å². The normalized spacial score (nSPS) is 20.5. The van der Waals surface area contributed by atoms with Gasteiger partial charge in [0, 0.05) is 11.9 Å². The van der Waals surface area contributed by atoms with Gasteiger partial charge in [0.05, 0.1) is 0 Å². The number of nitrogens with one attached hydrogen (secondary N) is 1. The average Bonchev–Trinajstić information content (AvgIpc) is 2.19. The first-order chi connectivity index (χ1) is 6.81. The van der Waals surface area contributed by atoms with Crippen LogP contribution in [0.5, 0.6) is 5.75 Å². The number of halogens is 1. The first-order valence-electron chi connectivity index (χ1n) is 4.92. The van der Waals surface area contributed by atoms with Gasteiger partial charge in [0.1, 0.15) is 5.75 Å². The third-order valence-electron chi connectivity index (χ3n) is 2.69. The van der Waals surface area contributed by atoms with Crippen LogP contribution in [-0.4, -0.2) is 17.5 Å². The lowest BCUT2D eigenvalue weighted by Crippen LogP contribution is -2.29. The number of phenolic OH excluding ortho intramolecular Hbond substituents is 1. The zero-order chi connectivity index (χ0) is 9.97. The average molecular weight is 212 g/mol. The number of fused-ring (bicyclic) bond motifs is 1. The molecule has 1 aromatic rings. The molecule has 1 heterocycles. The smallest absolute Gasteiger partial charge is 0.115 e. The van der Waals surface area contributed by atoms with E-state index in [0.717, 1.165) is 19.4 Å². The summed E-state index contributed by atoms with van der Waals surface area (Å²) in [5, 5.41) is 12.8. The van der Waals surface area contributed by atoms with Crippen LogP contribution in [0.15, 0.2) is 18.2 Å². The molecule has 14 heavy (non-hydrogen) atoms. The second-order valence-corrected chi connectivity index (χ2v) is 4.00. The number of aromatic hydroxyl groups is 1. The Morgan fingerprint density at radius 2 is 2.36 bits per heavy atom. The molecule has 76 valence electrons. The lowest BCUT2D eigenvalue weighted by molar-refractivity contribution is 0.461. The van der Waals surface area contributed by atoms with E-state index in [1.54, 1.807) is 6.07 Å². The quantitative estimate of drug-likeness (QED) is 0.736. The molecule has 2 N–H and O–H groups in total. The summed E-state index contributed by atoms with van der Waals surface area (Å²) in [7, 11) is 0. The van der Waals surface area contributed by atoms with Gasteiger partial charge in [-0.05, 0) is 42.6 Å². The van der Waals surface area contributed by atoms with Crippen molar-refractivity contribution < 1.29 is 5.11 Å². The lowest BCUT2D eigenvalue weighted by atomic mass is 9.93. The molecule has 1 aliphatic rings. The zero-order valence-electron chi connectivity index (χ0n) is 7.96. The zero-order valence-corrected chi connectivity index (χ0v) is 8.72. The minimum atomic E-state index is 0.309. The van der Waals surface area contributed by atoms with E-state index >= 15 is 0 Å². The van der Waals surface area contributed by atoms with E-state index in [4.69, 9.17) is 11.6 Å². The number of hydrogen-bond acceptors (Lipinski definition) is 2. The molecule has 2 nitrogen and oxygen atoms in total. The maximum absolute atomic E-state index is 9.41. The molecule has 3 heteroatoms. The first-order valence-corrected chi connectivity index (χ1v) is 5.46. The van der Waals surface area contributed by atoms with Crippen molar-refractivity contribution in [3.63, 3.8) is 0 Å². The molecule has 0 spiro atoms. The van der Waals surface area contributed by atoms with E-state index < -0.39 is 0 Å². The maximum Gasteiger partial charge on any atom is 0.115 e. The molecule has 0 saturated carbocycles. The summed E-state index contributed by atoms with van der Waals surface area (Å²) in [5.41, 5.74) is 2.54. The molecular weight excluding hydrogens is 198 g/mol. The molecule has 0 radical (unpaired) electrons. The summed E-state index contributed by atoms with van der Waals surface area (Å²) in [6.45, 7) is 0.999. The van der Waals surface area contributed by atoms with Crippen molar-refractivity contribution in [3.05, 3.63) is 29.3 Å². The summed E-state index contributed by atoms with van der Waals surface area (Å²) >= 11 is 5.74. The maximum atomic E-state index is 9.41. The number of alkyl halides is 1. The van der Waals surface area contributed by atoms with Crippen LogP contribution in [0.4, 0.5) is 0 Å². The Bertz CT molecular complexity index is 327. The highest BCUT2D eigenvalue weighted by atomic mass is 35.5. The minimum Gasteiger partial charge on any atom is -0.508 e. The minimum absolute atomic E-state index is 0.309. The van der Waals surface area contributed by atoms with Crippen molar-refractivity contribution in [3.8, 4) is 5.75 Å². The number of phenols is 1. The number of rotatable bonds is 2. The van der Waals surface area contributed by atoms with Crippen LogP contribution in [-0.2, 0) is 6.42 Å². The highest BCUT2D eigenvalue weighted by Crippen LogP contribution is 2.28. The van der Waals surface area contributed by atoms with Crippen molar-refractivity contribution in [1.82, 2.24) is 5.32 Å². The van der Waals surface area contributed by atoms with Crippen LogP contribution in [0.25, 0.3) is 0 Å². The Morgan fingerprint density at radius 1 is 1.50 bits per heavy atom. The van der Waals surface area contributed by atoms with Crippen molar-refractivity contribution in [2.45, 2.75) is 18.9 Å². The summed E-state index contributed by atoms with van der Waals surface area (Å²) < 4.78 is 0. The van der Waals surface area contributed by atoms with Gasteiger partial charge in [0.2, 0.25) is 0 Å². The van der Waals surface area contributed by atoms with E-state index in [9.17, 15) is 5.11 Å². The Hall–Kier alpha value is -0.730. The van der Waals surface area contributed by atoms with Gasteiger partial charge in [0.15, 0.2) is 0 Å². The number of hydrogen-bond donors (Lipinski definition) is 2. The van der Waals surface area contributed by atoms with Crippen LogP contribution < -0.4 is 5.32 Å². The molecule has 1 aromatic carbocycles.